The average Bonchev–Trinajstić information content (AvgIpc) is 3.11. The van der Waals surface area contributed by atoms with Gasteiger partial charge in [-0.25, -0.2) is 21.2 Å². The molecule has 13 heteroatoms. The fourth-order valence-corrected chi connectivity index (χ4v) is 9.05. The minimum absolute atomic E-state index is 0.0313. The van der Waals surface area contributed by atoms with Crippen molar-refractivity contribution in [2.75, 3.05) is 45.5 Å². The standard InChI is InChI=1S/C37H47FN4O6S2/c1-3-42(36(43)27-28-9-13-33(14-10-28)49(2,45)46)32-19-22-40(23-20-32)24-21-35(29-7-5-4-6-8-29)39-37(44)30-17-25-41(26-18-30)50(47,48)34-15-11-31(38)12-16-34/h4-16,30,32,35H,3,17-27H2,1-2H3,(H,39,44)/t35-/m0/s1. The number of nitrogens with one attached hydrogen (secondary N) is 1. The van der Waals surface area contributed by atoms with E-state index in [1.807, 2.05) is 42.2 Å². The summed E-state index contributed by atoms with van der Waals surface area (Å²) in [5.74, 6) is -0.864. The van der Waals surface area contributed by atoms with E-state index < -0.39 is 25.7 Å². The summed E-state index contributed by atoms with van der Waals surface area (Å²) in [4.78, 5) is 31.4. The Balaban J connectivity index is 1.12. The van der Waals surface area contributed by atoms with Crippen LogP contribution in [0.25, 0.3) is 0 Å². The van der Waals surface area contributed by atoms with Gasteiger partial charge in [0.25, 0.3) is 0 Å². The number of nitrogens with zero attached hydrogens (tertiary/aromatic N) is 3. The summed E-state index contributed by atoms with van der Waals surface area (Å²) in [5, 5.41) is 3.26. The highest BCUT2D eigenvalue weighted by Gasteiger charge is 2.33. The van der Waals surface area contributed by atoms with E-state index >= 15 is 0 Å². The fraction of sp³-hybridized carbons (Fsp3) is 0.459. The molecule has 0 radical (unpaired) electrons. The average molecular weight is 727 g/mol. The Labute approximate surface area is 295 Å². The second-order valence-corrected chi connectivity index (χ2v) is 17.2. The van der Waals surface area contributed by atoms with E-state index in [0.717, 1.165) is 55.7 Å². The third kappa shape index (κ3) is 9.56. The van der Waals surface area contributed by atoms with Gasteiger partial charge in [0.1, 0.15) is 5.82 Å². The van der Waals surface area contributed by atoms with E-state index in [2.05, 4.69) is 10.2 Å². The number of carbonyl (C=O) groups is 2. The first-order valence-corrected chi connectivity index (χ1v) is 20.6. The third-order valence-electron chi connectivity index (χ3n) is 9.89. The van der Waals surface area contributed by atoms with Crippen LogP contribution in [0.15, 0.2) is 88.7 Å². The molecule has 2 heterocycles. The summed E-state index contributed by atoms with van der Waals surface area (Å²) in [6.45, 7) is 5.45. The molecule has 3 aromatic carbocycles. The molecule has 0 saturated carbocycles. The zero-order chi connectivity index (χ0) is 35.9. The largest absolute Gasteiger partial charge is 0.349 e. The van der Waals surface area contributed by atoms with Crippen LogP contribution in [-0.2, 0) is 35.9 Å². The molecule has 2 amide bonds. The Morgan fingerprint density at radius 2 is 1.44 bits per heavy atom. The third-order valence-corrected chi connectivity index (χ3v) is 12.9. The van der Waals surface area contributed by atoms with E-state index in [9.17, 15) is 30.8 Å². The number of likely N-dealkylation sites (N-methyl/N-ethyl adjacent to an activating group) is 1. The van der Waals surface area contributed by atoms with Crippen molar-refractivity contribution in [3.63, 3.8) is 0 Å². The van der Waals surface area contributed by atoms with Gasteiger partial charge in [0.05, 0.1) is 22.3 Å². The SMILES string of the molecule is CCN(C(=O)Cc1ccc(S(C)(=O)=O)cc1)C1CCN(CC[C@H](NC(=O)C2CCN(S(=O)(=O)c3ccc(F)cc3)CC2)c2ccccc2)CC1. The molecular formula is C37H47FN4O6S2. The predicted molar refractivity (Wildman–Crippen MR) is 190 cm³/mol. The lowest BCUT2D eigenvalue weighted by Gasteiger charge is -2.38. The van der Waals surface area contributed by atoms with Gasteiger partial charge in [-0.15, -0.1) is 0 Å². The van der Waals surface area contributed by atoms with Crippen LogP contribution in [-0.4, -0.2) is 94.3 Å². The number of halogens is 1. The maximum Gasteiger partial charge on any atom is 0.243 e. The van der Waals surface area contributed by atoms with Gasteiger partial charge in [0.15, 0.2) is 9.84 Å². The summed E-state index contributed by atoms with van der Waals surface area (Å²) in [5.41, 5.74) is 1.80. The van der Waals surface area contributed by atoms with Crippen molar-refractivity contribution in [2.24, 2.45) is 5.92 Å². The number of benzene rings is 3. The molecule has 3 aromatic rings. The molecule has 1 atom stereocenters. The van der Waals surface area contributed by atoms with Crippen LogP contribution in [0.2, 0.25) is 0 Å². The molecule has 0 spiro atoms. The van der Waals surface area contributed by atoms with Gasteiger partial charge in [0, 0.05) is 57.5 Å². The van der Waals surface area contributed by atoms with Crippen molar-refractivity contribution in [1.82, 2.24) is 19.4 Å². The Hall–Kier alpha value is -3.65. The molecule has 5 rings (SSSR count). The number of sulfone groups is 1. The molecule has 10 nitrogen and oxygen atoms in total. The molecule has 0 aliphatic carbocycles. The van der Waals surface area contributed by atoms with E-state index in [1.165, 1.54) is 22.7 Å². The number of piperidine rings is 2. The lowest BCUT2D eigenvalue weighted by Crippen LogP contribution is -2.48. The van der Waals surface area contributed by atoms with Gasteiger partial charge in [-0.05, 0) is 86.6 Å². The van der Waals surface area contributed by atoms with E-state index in [-0.39, 0.29) is 59.1 Å². The number of carbonyl (C=O) groups excluding carboxylic acids is 2. The van der Waals surface area contributed by atoms with Crippen molar-refractivity contribution in [2.45, 2.75) is 67.3 Å². The van der Waals surface area contributed by atoms with Crippen molar-refractivity contribution < 1.29 is 30.8 Å². The number of sulfonamides is 1. The number of hydrogen-bond donors (Lipinski definition) is 1. The van der Waals surface area contributed by atoms with Gasteiger partial charge in [-0.2, -0.15) is 4.31 Å². The molecule has 2 saturated heterocycles. The van der Waals surface area contributed by atoms with E-state index in [1.54, 1.807) is 24.3 Å². The quantitative estimate of drug-likeness (QED) is 0.277. The molecular weight excluding hydrogens is 680 g/mol. The topological polar surface area (TPSA) is 124 Å². The van der Waals surface area contributed by atoms with Gasteiger partial charge in [-0.3, -0.25) is 9.59 Å². The highest BCUT2D eigenvalue weighted by Crippen LogP contribution is 2.27. The van der Waals surface area contributed by atoms with E-state index in [0.29, 0.717) is 25.8 Å². The van der Waals surface area contributed by atoms with Gasteiger partial charge in [0.2, 0.25) is 21.8 Å². The van der Waals surface area contributed by atoms with Crippen LogP contribution in [0, 0.1) is 11.7 Å². The number of rotatable bonds is 13. The molecule has 0 bridgehead atoms. The molecule has 2 fully saturated rings. The lowest BCUT2D eigenvalue weighted by molar-refractivity contribution is -0.133. The molecule has 2 aliphatic rings. The molecule has 1 N–H and O–H groups in total. The molecule has 270 valence electrons. The van der Waals surface area contributed by atoms with Crippen molar-refractivity contribution >= 4 is 31.7 Å². The molecule has 0 unspecified atom stereocenters. The fourth-order valence-electron chi connectivity index (χ4n) is 6.95. The minimum atomic E-state index is -3.76. The first-order chi connectivity index (χ1) is 23.8. The van der Waals surface area contributed by atoms with Crippen LogP contribution in [0.5, 0.6) is 0 Å². The van der Waals surface area contributed by atoms with Crippen LogP contribution >= 0.6 is 0 Å². The Morgan fingerprint density at radius 1 is 0.840 bits per heavy atom. The summed E-state index contributed by atoms with van der Waals surface area (Å²) in [6.07, 6.45) is 4.58. The van der Waals surface area contributed by atoms with E-state index in [4.69, 9.17) is 0 Å². The van der Waals surface area contributed by atoms with Crippen LogP contribution in [0.4, 0.5) is 4.39 Å². The highest BCUT2D eigenvalue weighted by molar-refractivity contribution is 7.90. The zero-order valence-electron chi connectivity index (χ0n) is 28.7. The van der Waals surface area contributed by atoms with Crippen molar-refractivity contribution in [3.05, 3.63) is 95.8 Å². The zero-order valence-corrected chi connectivity index (χ0v) is 30.3. The van der Waals surface area contributed by atoms with Crippen LogP contribution in [0.3, 0.4) is 0 Å². The molecule has 0 aromatic heterocycles. The highest BCUT2D eigenvalue weighted by atomic mass is 32.2. The predicted octanol–water partition coefficient (Wildman–Crippen LogP) is 4.43. The maximum absolute atomic E-state index is 13.5. The van der Waals surface area contributed by atoms with Gasteiger partial charge < -0.3 is 15.1 Å². The first-order valence-electron chi connectivity index (χ1n) is 17.3. The second-order valence-electron chi connectivity index (χ2n) is 13.2. The summed E-state index contributed by atoms with van der Waals surface area (Å²) < 4.78 is 64.4. The summed E-state index contributed by atoms with van der Waals surface area (Å²) >= 11 is 0. The Bertz CT molecular complexity index is 1810. The smallest absolute Gasteiger partial charge is 0.243 e. The number of hydrogen-bond acceptors (Lipinski definition) is 7. The van der Waals surface area contributed by atoms with Gasteiger partial charge >= 0.3 is 0 Å². The van der Waals surface area contributed by atoms with Crippen LogP contribution < -0.4 is 5.32 Å². The van der Waals surface area contributed by atoms with Crippen molar-refractivity contribution in [1.29, 1.82) is 0 Å². The summed E-state index contributed by atoms with van der Waals surface area (Å²) in [7, 11) is -7.06. The normalized spacial score (nSPS) is 17.7. The van der Waals surface area contributed by atoms with Crippen molar-refractivity contribution in [3.8, 4) is 0 Å². The summed E-state index contributed by atoms with van der Waals surface area (Å²) in [6, 6.07) is 21.1. The van der Waals surface area contributed by atoms with Crippen LogP contribution in [0.1, 0.15) is 56.2 Å². The molecule has 50 heavy (non-hydrogen) atoms. The first kappa shape index (κ1) is 37.6. The Morgan fingerprint density at radius 3 is 2.02 bits per heavy atom. The Kier molecular flexibility index (Phi) is 12.5. The monoisotopic (exact) mass is 726 g/mol. The minimum Gasteiger partial charge on any atom is -0.349 e. The number of likely N-dealkylation sites (tertiary alicyclic amines) is 1. The second kappa shape index (κ2) is 16.6. The molecule has 2 aliphatic heterocycles. The maximum atomic E-state index is 13.5. The lowest BCUT2D eigenvalue weighted by atomic mass is 9.95. The van der Waals surface area contributed by atoms with Gasteiger partial charge in [-0.1, -0.05) is 42.5 Å². The number of amides is 2.